The van der Waals surface area contributed by atoms with Crippen molar-refractivity contribution < 1.29 is 0 Å². The van der Waals surface area contributed by atoms with E-state index < -0.39 is 0 Å². The van der Waals surface area contributed by atoms with Gasteiger partial charge in [-0.2, -0.15) is 0 Å². The van der Waals surface area contributed by atoms with E-state index in [1.54, 1.807) is 0 Å². The molecule has 23 heavy (non-hydrogen) atoms. The van der Waals surface area contributed by atoms with Gasteiger partial charge >= 0.3 is 0 Å². The summed E-state index contributed by atoms with van der Waals surface area (Å²) in [7, 11) is 0. The highest BCUT2D eigenvalue weighted by molar-refractivity contribution is 6.05. The molecule has 0 aromatic heterocycles. The van der Waals surface area contributed by atoms with Crippen molar-refractivity contribution in [1.82, 2.24) is 0 Å². The number of benzene rings is 3. The second-order valence-electron chi connectivity index (χ2n) is 5.93. The number of rotatable bonds is 2. The molecule has 0 bridgehead atoms. The molecule has 0 unspecified atom stereocenters. The zero-order valence-electron chi connectivity index (χ0n) is 13.2. The molecule has 1 aliphatic carbocycles. The van der Waals surface area contributed by atoms with Crippen LogP contribution in [0, 0.1) is 6.92 Å². The topological polar surface area (TPSA) is 0 Å². The van der Waals surface area contributed by atoms with Gasteiger partial charge in [0.1, 0.15) is 0 Å². The maximum Gasteiger partial charge on any atom is -0.00990 e. The molecule has 0 heterocycles. The Hall–Kier alpha value is -2.86. The highest BCUT2D eigenvalue weighted by atomic mass is 14.2. The lowest BCUT2D eigenvalue weighted by molar-refractivity contribution is 1.44. The normalized spacial score (nSPS) is 14.7. The third kappa shape index (κ3) is 2.53. The molecule has 0 amide bonds. The van der Waals surface area contributed by atoms with Crippen molar-refractivity contribution in [3.63, 3.8) is 0 Å². The Morgan fingerprint density at radius 1 is 0.652 bits per heavy atom. The highest BCUT2D eigenvalue weighted by Crippen LogP contribution is 2.39. The standard InChI is InChI=1S/C23H18/c1-17-9-5-6-12-19(17)15-20-16-23(18-10-3-2-4-11-18)22-14-8-7-13-21(20)22/h2-16H,1H3/b20-15+. The van der Waals surface area contributed by atoms with Gasteiger partial charge in [-0.3, -0.25) is 0 Å². The second-order valence-corrected chi connectivity index (χ2v) is 5.93. The van der Waals surface area contributed by atoms with Crippen molar-refractivity contribution in [2.75, 3.05) is 0 Å². The molecule has 0 saturated heterocycles. The maximum atomic E-state index is 2.31. The summed E-state index contributed by atoms with van der Waals surface area (Å²) in [6, 6.07) is 27.8. The van der Waals surface area contributed by atoms with Crippen molar-refractivity contribution in [1.29, 1.82) is 0 Å². The molecule has 0 spiro atoms. The lowest BCUT2D eigenvalue weighted by Gasteiger charge is -2.05. The fourth-order valence-electron chi connectivity index (χ4n) is 3.17. The minimum atomic E-state index is 1.27. The molecule has 0 radical (unpaired) electrons. The summed E-state index contributed by atoms with van der Waals surface area (Å²) >= 11 is 0. The van der Waals surface area contributed by atoms with Crippen LogP contribution in [0.5, 0.6) is 0 Å². The highest BCUT2D eigenvalue weighted by Gasteiger charge is 2.18. The molecule has 110 valence electrons. The van der Waals surface area contributed by atoms with Crippen LogP contribution in [0.2, 0.25) is 0 Å². The van der Waals surface area contributed by atoms with Gasteiger partial charge in [0.15, 0.2) is 0 Å². The smallest absolute Gasteiger partial charge is 0.00990 e. The fourth-order valence-corrected chi connectivity index (χ4v) is 3.17. The van der Waals surface area contributed by atoms with E-state index >= 15 is 0 Å². The molecule has 0 heteroatoms. The van der Waals surface area contributed by atoms with Crippen LogP contribution in [0.15, 0.2) is 84.9 Å². The molecule has 0 atom stereocenters. The maximum absolute atomic E-state index is 2.31. The molecular weight excluding hydrogens is 276 g/mol. The number of aryl methyl sites for hydroxylation is 1. The minimum absolute atomic E-state index is 1.27. The summed E-state index contributed by atoms with van der Waals surface area (Å²) in [4.78, 5) is 0. The van der Waals surface area contributed by atoms with E-state index in [2.05, 4.69) is 97.9 Å². The predicted molar refractivity (Wildman–Crippen MR) is 99.0 cm³/mol. The number of allylic oxidation sites excluding steroid dienone is 2. The van der Waals surface area contributed by atoms with Gasteiger partial charge in [0.2, 0.25) is 0 Å². The van der Waals surface area contributed by atoms with Crippen LogP contribution >= 0.6 is 0 Å². The second kappa shape index (κ2) is 5.73. The molecule has 0 fully saturated rings. The summed E-state index contributed by atoms with van der Waals surface area (Å²) in [5.74, 6) is 0. The Morgan fingerprint density at radius 2 is 1.30 bits per heavy atom. The average Bonchev–Trinajstić information content (AvgIpc) is 2.97. The van der Waals surface area contributed by atoms with E-state index in [0.29, 0.717) is 0 Å². The van der Waals surface area contributed by atoms with Crippen LogP contribution in [0.4, 0.5) is 0 Å². The molecule has 1 aliphatic rings. The third-order valence-corrected chi connectivity index (χ3v) is 4.41. The molecule has 3 aromatic carbocycles. The number of hydrogen-bond donors (Lipinski definition) is 0. The van der Waals surface area contributed by atoms with Gasteiger partial charge in [-0.1, -0.05) is 78.9 Å². The third-order valence-electron chi connectivity index (χ3n) is 4.41. The van der Waals surface area contributed by atoms with Crippen LogP contribution in [0.25, 0.3) is 17.2 Å². The van der Waals surface area contributed by atoms with Crippen molar-refractivity contribution in [2.45, 2.75) is 6.92 Å². The largest absolute Gasteiger partial charge is 0.0622 e. The van der Waals surface area contributed by atoms with Crippen LogP contribution in [-0.4, -0.2) is 0 Å². The molecule has 0 saturated carbocycles. The summed E-state index contributed by atoms with van der Waals surface area (Å²) in [5, 5.41) is 0. The van der Waals surface area contributed by atoms with Gasteiger partial charge in [0, 0.05) is 0 Å². The van der Waals surface area contributed by atoms with Gasteiger partial charge in [0.05, 0.1) is 0 Å². The van der Waals surface area contributed by atoms with Crippen molar-refractivity contribution in [2.24, 2.45) is 0 Å². The number of fused-ring (bicyclic) bond motifs is 1. The van der Waals surface area contributed by atoms with Crippen LogP contribution in [-0.2, 0) is 0 Å². The van der Waals surface area contributed by atoms with E-state index in [1.165, 1.54) is 39.0 Å². The fraction of sp³-hybridized carbons (Fsp3) is 0.0435. The Balaban J connectivity index is 1.89. The zero-order valence-corrected chi connectivity index (χ0v) is 13.2. The van der Waals surface area contributed by atoms with Crippen LogP contribution < -0.4 is 0 Å². The van der Waals surface area contributed by atoms with E-state index in [4.69, 9.17) is 0 Å². The number of hydrogen-bond acceptors (Lipinski definition) is 0. The van der Waals surface area contributed by atoms with E-state index in [9.17, 15) is 0 Å². The Bertz CT molecular complexity index is 912. The molecule has 4 rings (SSSR count). The predicted octanol–water partition coefficient (Wildman–Crippen LogP) is 5.98. The zero-order chi connectivity index (χ0) is 15.6. The van der Waals surface area contributed by atoms with Gasteiger partial charge in [-0.25, -0.2) is 0 Å². The molecule has 0 nitrogen and oxygen atoms in total. The van der Waals surface area contributed by atoms with E-state index in [-0.39, 0.29) is 0 Å². The molecule has 0 N–H and O–H groups in total. The Morgan fingerprint density at radius 3 is 2.09 bits per heavy atom. The summed E-state index contributed by atoms with van der Waals surface area (Å²) in [6.45, 7) is 2.16. The Labute approximate surface area is 137 Å². The van der Waals surface area contributed by atoms with Crippen LogP contribution in [0.3, 0.4) is 0 Å². The monoisotopic (exact) mass is 294 g/mol. The summed E-state index contributed by atoms with van der Waals surface area (Å²) in [5.41, 5.74) is 9.08. The first-order valence-electron chi connectivity index (χ1n) is 7.97. The quantitative estimate of drug-likeness (QED) is 0.545. The average molecular weight is 294 g/mol. The van der Waals surface area contributed by atoms with Gasteiger partial charge in [0.25, 0.3) is 0 Å². The van der Waals surface area contributed by atoms with Gasteiger partial charge < -0.3 is 0 Å². The first-order valence-corrected chi connectivity index (χ1v) is 7.97. The van der Waals surface area contributed by atoms with Gasteiger partial charge in [-0.05, 0) is 58.0 Å². The lowest BCUT2D eigenvalue weighted by Crippen LogP contribution is -1.86. The molecule has 0 aliphatic heterocycles. The Kier molecular flexibility index (Phi) is 3.44. The summed E-state index contributed by atoms with van der Waals surface area (Å²) < 4.78 is 0. The van der Waals surface area contributed by atoms with Crippen molar-refractivity contribution in [3.8, 4) is 0 Å². The SMILES string of the molecule is Cc1ccccc1/C=C1\C=C(c2ccccc2)c2ccccc21. The van der Waals surface area contributed by atoms with Crippen LogP contribution in [0.1, 0.15) is 27.8 Å². The minimum Gasteiger partial charge on any atom is -0.0622 e. The molecular formula is C23H18. The first kappa shape index (κ1) is 13.8. The summed E-state index contributed by atoms with van der Waals surface area (Å²) in [6.07, 6.45) is 4.61. The van der Waals surface area contributed by atoms with E-state index in [1.807, 2.05) is 0 Å². The van der Waals surface area contributed by atoms with E-state index in [0.717, 1.165) is 0 Å². The first-order chi connectivity index (χ1) is 11.3. The van der Waals surface area contributed by atoms with Crippen molar-refractivity contribution >= 4 is 17.2 Å². The molecule has 3 aromatic rings. The van der Waals surface area contributed by atoms with Gasteiger partial charge in [-0.15, -0.1) is 0 Å². The lowest BCUT2D eigenvalue weighted by atomic mass is 9.98. The van der Waals surface area contributed by atoms with Crippen molar-refractivity contribution in [3.05, 3.63) is 113 Å².